The van der Waals surface area contributed by atoms with E-state index >= 15 is 0 Å². The predicted octanol–water partition coefficient (Wildman–Crippen LogP) is 2.26. The second kappa shape index (κ2) is 11.3. The van der Waals surface area contributed by atoms with E-state index in [1.165, 1.54) is 18.8 Å². The molecule has 0 spiro atoms. The number of hydrogen-bond donors (Lipinski definition) is 4. The van der Waals surface area contributed by atoms with Crippen molar-refractivity contribution in [1.82, 2.24) is 15.5 Å². The van der Waals surface area contributed by atoms with Gasteiger partial charge in [-0.05, 0) is 61.2 Å². The van der Waals surface area contributed by atoms with Crippen LogP contribution >= 0.6 is 11.6 Å². The predicted molar refractivity (Wildman–Crippen MR) is 140 cm³/mol. The summed E-state index contributed by atoms with van der Waals surface area (Å²) in [5.41, 5.74) is 5.15. The number of halogens is 2. The lowest BCUT2D eigenvalue weighted by Crippen LogP contribution is -2.60. The van der Waals surface area contributed by atoms with Gasteiger partial charge in [0.2, 0.25) is 5.91 Å². The molecule has 3 amide bonds. The number of carbonyl (C=O) groups is 3. The van der Waals surface area contributed by atoms with E-state index in [1.54, 1.807) is 24.3 Å². The van der Waals surface area contributed by atoms with Gasteiger partial charge in [-0.15, -0.1) is 0 Å². The van der Waals surface area contributed by atoms with Crippen molar-refractivity contribution in [2.75, 3.05) is 31.5 Å². The van der Waals surface area contributed by atoms with Crippen LogP contribution < -0.4 is 21.7 Å². The van der Waals surface area contributed by atoms with E-state index < -0.39 is 35.1 Å². The number of nitrogens with zero attached hydrogens (tertiary/aromatic N) is 2. The molecule has 2 aliphatic heterocycles. The summed E-state index contributed by atoms with van der Waals surface area (Å²) in [5, 5.41) is 8.44. The molecule has 2 aromatic rings. The van der Waals surface area contributed by atoms with Crippen molar-refractivity contribution >= 4 is 41.3 Å². The van der Waals surface area contributed by atoms with Gasteiger partial charge < -0.3 is 26.6 Å². The van der Waals surface area contributed by atoms with Gasteiger partial charge in [-0.3, -0.25) is 19.4 Å². The Kier molecular flexibility index (Phi) is 8.09. The second-order valence-corrected chi connectivity index (χ2v) is 9.90. The Hall–Kier alpha value is -3.50. The standard InChI is InChI=1S/C26H30ClFN6O3/c1-16-3-2-11-34(14-16)12-10-30-24(36)22-26(25(29)37,32-15-31-22)17-4-7-19(8-5-17)33-23(35)20-9-6-18(28)13-21(20)27/h4-9,13,15-16,22H,2-3,10-12,14H2,1H3,(H2,29,37)(H,30,36)(H,31,32)(H,33,35)/t16-,22?,26?/m1/s1. The fourth-order valence-electron chi connectivity index (χ4n) is 4.87. The maximum atomic E-state index is 13.3. The summed E-state index contributed by atoms with van der Waals surface area (Å²) in [6.07, 6.45) is 3.67. The van der Waals surface area contributed by atoms with E-state index in [2.05, 4.69) is 32.8 Å². The Labute approximate surface area is 219 Å². The molecule has 11 heteroatoms. The van der Waals surface area contributed by atoms with Crippen LogP contribution in [0.25, 0.3) is 0 Å². The van der Waals surface area contributed by atoms with Gasteiger partial charge in [-0.1, -0.05) is 30.7 Å². The third kappa shape index (κ3) is 5.75. The first kappa shape index (κ1) is 26.6. The second-order valence-electron chi connectivity index (χ2n) is 9.49. The lowest BCUT2D eigenvalue weighted by molar-refractivity contribution is -0.131. The zero-order chi connectivity index (χ0) is 26.6. The molecule has 0 saturated carbocycles. The molecular weight excluding hydrogens is 499 g/mol. The van der Waals surface area contributed by atoms with Crippen LogP contribution in [0.4, 0.5) is 10.1 Å². The number of benzene rings is 2. The van der Waals surface area contributed by atoms with Crippen molar-refractivity contribution in [3.8, 4) is 0 Å². The Morgan fingerprint density at radius 2 is 2.00 bits per heavy atom. The highest BCUT2D eigenvalue weighted by molar-refractivity contribution is 6.34. The first-order chi connectivity index (χ1) is 17.7. The molecule has 3 atom stereocenters. The monoisotopic (exact) mass is 528 g/mol. The number of carbonyl (C=O) groups excluding carboxylic acids is 3. The van der Waals surface area contributed by atoms with Gasteiger partial charge in [-0.25, -0.2) is 4.39 Å². The van der Waals surface area contributed by atoms with Crippen molar-refractivity contribution < 1.29 is 18.8 Å². The van der Waals surface area contributed by atoms with Crippen molar-refractivity contribution in [2.45, 2.75) is 31.3 Å². The van der Waals surface area contributed by atoms with E-state index in [0.717, 1.165) is 38.2 Å². The van der Waals surface area contributed by atoms with Gasteiger partial charge >= 0.3 is 0 Å². The van der Waals surface area contributed by atoms with Crippen LogP contribution in [0.5, 0.6) is 0 Å². The summed E-state index contributed by atoms with van der Waals surface area (Å²) in [4.78, 5) is 44.9. The lowest BCUT2D eigenvalue weighted by atomic mass is 9.82. The third-order valence-corrected chi connectivity index (χ3v) is 7.12. The summed E-state index contributed by atoms with van der Waals surface area (Å²) in [5.74, 6) is -1.60. The molecule has 1 saturated heterocycles. The Bertz CT molecular complexity index is 1210. The molecule has 4 rings (SSSR count). The number of hydrogen-bond acceptors (Lipinski definition) is 6. The molecule has 9 nitrogen and oxygen atoms in total. The molecule has 2 unspecified atom stereocenters. The number of likely N-dealkylation sites (tertiary alicyclic amines) is 1. The van der Waals surface area contributed by atoms with Crippen molar-refractivity contribution in [1.29, 1.82) is 0 Å². The molecule has 0 radical (unpaired) electrons. The van der Waals surface area contributed by atoms with E-state index in [1.807, 2.05) is 0 Å². The molecule has 2 aromatic carbocycles. The highest BCUT2D eigenvalue weighted by atomic mass is 35.5. The summed E-state index contributed by atoms with van der Waals surface area (Å²) < 4.78 is 13.3. The smallest absolute Gasteiger partial charge is 0.257 e. The van der Waals surface area contributed by atoms with Crippen LogP contribution in [0.15, 0.2) is 47.5 Å². The van der Waals surface area contributed by atoms with Gasteiger partial charge in [0.05, 0.1) is 16.9 Å². The minimum Gasteiger partial charge on any atom is -0.367 e. The zero-order valence-electron chi connectivity index (χ0n) is 20.5. The Morgan fingerprint density at radius 3 is 2.68 bits per heavy atom. The van der Waals surface area contributed by atoms with Crippen molar-refractivity contribution in [2.24, 2.45) is 16.6 Å². The highest BCUT2D eigenvalue weighted by Crippen LogP contribution is 2.31. The minimum atomic E-state index is -1.58. The molecule has 196 valence electrons. The van der Waals surface area contributed by atoms with E-state index in [4.69, 9.17) is 17.3 Å². The number of rotatable bonds is 8. The Morgan fingerprint density at radius 1 is 1.24 bits per heavy atom. The summed E-state index contributed by atoms with van der Waals surface area (Å²) >= 11 is 5.97. The van der Waals surface area contributed by atoms with Gasteiger partial charge in [-0.2, -0.15) is 0 Å². The quantitative estimate of drug-likeness (QED) is 0.418. The first-order valence-electron chi connectivity index (χ1n) is 12.2. The van der Waals surface area contributed by atoms with Crippen LogP contribution in [0.2, 0.25) is 5.02 Å². The maximum absolute atomic E-state index is 13.3. The van der Waals surface area contributed by atoms with Crippen LogP contribution in [-0.2, 0) is 15.1 Å². The van der Waals surface area contributed by atoms with Crippen LogP contribution in [0.3, 0.4) is 0 Å². The molecule has 0 aromatic heterocycles. The average Bonchev–Trinajstić information content (AvgIpc) is 3.31. The normalized spacial score (nSPS) is 23.3. The molecule has 37 heavy (non-hydrogen) atoms. The zero-order valence-corrected chi connectivity index (χ0v) is 21.2. The lowest BCUT2D eigenvalue weighted by Gasteiger charge is -2.32. The first-order valence-corrected chi connectivity index (χ1v) is 12.5. The molecule has 2 heterocycles. The number of aliphatic imine (C=N–C) groups is 1. The number of nitrogens with two attached hydrogens (primary N) is 1. The summed E-state index contributed by atoms with van der Waals surface area (Å²) in [6.45, 7) is 5.38. The Balaban J connectivity index is 1.44. The third-order valence-electron chi connectivity index (χ3n) is 6.81. The highest BCUT2D eigenvalue weighted by Gasteiger charge is 2.52. The average molecular weight is 529 g/mol. The summed E-state index contributed by atoms with van der Waals surface area (Å²) in [6, 6.07) is 8.71. The van der Waals surface area contributed by atoms with Crippen molar-refractivity contribution in [3.05, 3.63) is 64.4 Å². The molecule has 5 N–H and O–H groups in total. The molecular formula is C26H30ClFN6O3. The number of anilines is 1. The van der Waals surface area contributed by atoms with E-state index in [-0.39, 0.29) is 10.6 Å². The summed E-state index contributed by atoms with van der Waals surface area (Å²) in [7, 11) is 0. The topological polar surface area (TPSA) is 129 Å². The van der Waals surface area contributed by atoms with Crippen LogP contribution in [-0.4, -0.2) is 61.2 Å². The van der Waals surface area contributed by atoms with Gasteiger partial charge in [0.1, 0.15) is 5.82 Å². The van der Waals surface area contributed by atoms with Gasteiger partial charge in [0.25, 0.3) is 11.8 Å². The maximum Gasteiger partial charge on any atom is 0.257 e. The number of nitrogens with one attached hydrogen (secondary N) is 3. The largest absolute Gasteiger partial charge is 0.367 e. The molecule has 0 aliphatic carbocycles. The van der Waals surface area contributed by atoms with Crippen LogP contribution in [0.1, 0.15) is 35.7 Å². The van der Waals surface area contributed by atoms with Gasteiger partial charge in [0, 0.05) is 25.3 Å². The number of amides is 3. The van der Waals surface area contributed by atoms with Gasteiger partial charge in [0.15, 0.2) is 11.6 Å². The van der Waals surface area contributed by atoms with Crippen molar-refractivity contribution in [3.63, 3.8) is 0 Å². The van der Waals surface area contributed by atoms with E-state index in [0.29, 0.717) is 23.7 Å². The number of primary amides is 1. The van der Waals surface area contributed by atoms with Crippen LogP contribution in [0, 0.1) is 11.7 Å². The minimum absolute atomic E-state index is 0.0160. The SMILES string of the molecule is C[C@@H]1CCCN(CCNC(=O)C2N=CNC2(C(N)=O)c2ccc(NC(=O)c3ccc(F)cc3Cl)cc2)C1. The van der Waals surface area contributed by atoms with E-state index in [9.17, 15) is 18.8 Å². The fourth-order valence-corrected chi connectivity index (χ4v) is 5.12. The molecule has 0 bridgehead atoms. The fraction of sp³-hybridized carbons (Fsp3) is 0.385. The molecule has 2 aliphatic rings. The molecule has 1 fully saturated rings. The number of piperidine rings is 1.